The second-order valence-corrected chi connectivity index (χ2v) is 13.2. The first-order chi connectivity index (χ1) is 22.0. The lowest BCUT2D eigenvalue weighted by atomic mass is 9.84. The molecule has 6 N–H and O–H groups in total. The Labute approximate surface area is 277 Å². The third-order valence-electron chi connectivity index (χ3n) is 6.91. The van der Waals surface area contributed by atoms with Gasteiger partial charge in [-0.15, -0.1) is 4.68 Å². The minimum absolute atomic E-state index is 0.0618. The number of nitrogens with one attached hydrogen (secondary N) is 1. The number of carboxylic acid groups (broad SMARTS) is 1. The number of halogens is 1. The normalized spacial score (nSPS) is 16.8. The molecule has 3 aromatic rings. The van der Waals surface area contributed by atoms with E-state index in [1.165, 1.54) is 13.8 Å². The Kier molecular flexibility index (Phi) is 10.7. The van der Waals surface area contributed by atoms with Crippen molar-refractivity contribution in [3.63, 3.8) is 0 Å². The van der Waals surface area contributed by atoms with Gasteiger partial charge >= 0.3 is 5.97 Å². The van der Waals surface area contributed by atoms with Crippen LogP contribution in [0.15, 0.2) is 41.8 Å². The molecule has 0 spiro atoms. The third kappa shape index (κ3) is 8.34. The first-order valence-corrected chi connectivity index (χ1v) is 16.2. The van der Waals surface area contributed by atoms with Gasteiger partial charge in [0.2, 0.25) is 16.6 Å². The van der Waals surface area contributed by atoms with Gasteiger partial charge in [-0.1, -0.05) is 40.2 Å². The summed E-state index contributed by atoms with van der Waals surface area (Å²) in [6.07, 6.45) is 3.04. The van der Waals surface area contributed by atoms with Gasteiger partial charge in [0.05, 0.1) is 23.8 Å². The predicted molar refractivity (Wildman–Crippen MR) is 164 cm³/mol. The molecule has 2 atom stereocenters. The molecule has 1 unspecified atom stereocenters. The molecule has 0 saturated carbocycles. The van der Waals surface area contributed by atoms with Gasteiger partial charge in [0, 0.05) is 0 Å². The molecular weight excluding hydrogens is 684 g/mol. The molecule has 1 saturated heterocycles. The van der Waals surface area contributed by atoms with E-state index in [2.05, 4.69) is 19.7 Å². The van der Waals surface area contributed by atoms with E-state index in [0.29, 0.717) is 17.4 Å². The highest BCUT2D eigenvalue weighted by Crippen LogP contribution is 2.33. The van der Waals surface area contributed by atoms with Gasteiger partial charge in [0.25, 0.3) is 17.9 Å². The number of nitrogen functional groups attached to an aromatic ring is 1. The monoisotopic (exact) mass is 714 g/mol. The van der Waals surface area contributed by atoms with Crippen LogP contribution in [0.3, 0.4) is 0 Å². The number of β-lactam (4-membered cyclic amide) rings is 1. The number of carbonyl (C=O) groups excluding carboxylic acids is 2. The summed E-state index contributed by atoms with van der Waals surface area (Å²) in [4.78, 5) is 46.9. The molecule has 2 aromatic heterocycles. The standard InChI is InChI=1S/C26H31ClN8O10S2/c1-26(2)20(23(37)35(26)45-47(40,41)42)31-22(36)19(18-21(27)46-25(29)30-18)32-44-17(24(38)39)13-43-16-7-5-14(6-8-16)15-11-33(3)34(12-15)10-4-9-28/h5-8,11-12,17,20H,4,9-10,13,28H2,1-3H3,(H4-,29,30,31,36,38,39,40,41,42)/b32-19-/t17?,20-/m1/s1. The van der Waals surface area contributed by atoms with E-state index >= 15 is 0 Å². The first kappa shape index (κ1) is 35.5. The van der Waals surface area contributed by atoms with Crippen molar-refractivity contribution in [2.75, 3.05) is 18.9 Å². The topological polar surface area (TPSA) is 258 Å². The molecule has 0 radical (unpaired) electrons. The van der Waals surface area contributed by atoms with Crippen molar-refractivity contribution in [3.05, 3.63) is 46.7 Å². The number of nitrogens with zero attached hydrogens (tertiary/aromatic N) is 5. The molecule has 18 nitrogen and oxygen atoms in total. The van der Waals surface area contributed by atoms with Crippen molar-refractivity contribution in [1.82, 2.24) is 20.0 Å². The summed E-state index contributed by atoms with van der Waals surface area (Å²) < 4.78 is 46.6. The summed E-state index contributed by atoms with van der Waals surface area (Å²) in [5.74, 6) is -3.33. The predicted octanol–water partition coefficient (Wildman–Crippen LogP) is -0.229. The summed E-state index contributed by atoms with van der Waals surface area (Å²) >= 11 is 6.96. The lowest BCUT2D eigenvalue weighted by Gasteiger charge is -2.51. The van der Waals surface area contributed by atoms with Gasteiger partial charge in [0.15, 0.2) is 17.9 Å². The number of nitrogens with two attached hydrogens (primary N) is 2. The van der Waals surface area contributed by atoms with E-state index in [1.54, 1.807) is 24.3 Å². The van der Waals surface area contributed by atoms with Crippen LogP contribution in [0.5, 0.6) is 5.75 Å². The van der Waals surface area contributed by atoms with Crippen LogP contribution in [0.2, 0.25) is 4.34 Å². The van der Waals surface area contributed by atoms with Crippen LogP contribution >= 0.6 is 22.9 Å². The number of rotatable bonds is 15. The molecular formula is C26H31ClN8O10S2. The van der Waals surface area contributed by atoms with Crippen molar-refractivity contribution < 1.29 is 51.0 Å². The number of ether oxygens (including phenoxy) is 1. The molecule has 1 aliphatic heterocycles. The Hall–Kier alpha value is -4.34. The zero-order valence-corrected chi connectivity index (χ0v) is 27.5. The Morgan fingerprint density at radius 1 is 1.30 bits per heavy atom. The number of hydroxylamine groups is 2. The largest absolute Gasteiger partial charge is 0.724 e. The number of benzene rings is 1. The summed E-state index contributed by atoms with van der Waals surface area (Å²) in [5, 5.41) is 16.0. The smallest absolute Gasteiger partial charge is 0.351 e. The second kappa shape index (κ2) is 14.2. The molecule has 3 heterocycles. The quantitative estimate of drug-likeness (QED) is 0.0397. The summed E-state index contributed by atoms with van der Waals surface area (Å²) in [6, 6.07) is 5.49. The average molecular weight is 715 g/mol. The highest BCUT2D eigenvalue weighted by atomic mass is 35.5. The number of aryl methyl sites for hydroxylation is 2. The Morgan fingerprint density at radius 3 is 2.53 bits per heavy atom. The average Bonchev–Trinajstić information content (AvgIpc) is 3.54. The molecule has 0 bridgehead atoms. The number of aromatic nitrogens is 3. The van der Waals surface area contributed by atoms with Gasteiger partial charge in [-0.2, -0.15) is 14.0 Å². The Bertz CT molecular complexity index is 1790. The second-order valence-electron chi connectivity index (χ2n) is 10.7. The highest BCUT2D eigenvalue weighted by Gasteiger charge is 2.57. The number of hydrogen-bond acceptors (Lipinski definition) is 14. The lowest BCUT2D eigenvalue weighted by molar-refractivity contribution is -0.753. The van der Waals surface area contributed by atoms with Crippen LogP contribution in [0, 0.1) is 0 Å². The molecule has 1 aromatic carbocycles. The number of carbonyl (C=O) groups is 3. The first-order valence-electron chi connectivity index (χ1n) is 13.7. The fourth-order valence-corrected chi connectivity index (χ4v) is 5.81. The number of carboxylic acids is 1. The van der Waals surface area contributed by atoms with E-state index in [4.69, 9.17) is 32.6 Å². The number of thiazole rings is 1. The van der Waals surface area contributed by atoms with Crippen LogP contribution in [0.25, 0.3) is 11.1 Å². The molecule has 254 valence electrons. The maximum Gasteiger partial charge on any atom is 0.351 e. The minimum atomic E-state index is -5.29. The molecule has 4 rings (SSSR count). The fraction of sp³-hybridized carbons (Fsp3) is 0.385. The number of aliphatic carboxylic acids is 1. The highest BCUT2D eigenvalue weighted by molar-refractivity contribution is 7.80. The van der Waals surface area contributed by atoms with E-state index in [9.17, 15) is 32.5 Å². The summed E-state index contributed by atoms with van der Waals surface area (Å²) in [5.41, 5.74) is 10.7. The van der Waals surface area contributed by atoms with Crippen LogP contribution < -0.4 is 26.2 Å². The van der Waals surface area contributed by atoms with Crippen molar-refractivity contribution in [1.29, 1.82) is 0 Å². The molecule has 1 fully saturated rings. The summed E-state index contributed by atoms with van der Waals surface area (Å²) in [7, 11) is -3.37. The minimum Gasteiger partial charge on any atom is -0.724 e. The van der Waals surface area contributed by atoms with Crippen LogP contribution in [-0.2, 0) is 47.5 Å². The zero-order valence-electron chi connectivity index (χ0n) is 25.2. The SMILES string of the molecule is C[n+]1cc(-c2ccc(OCC(O/N=C(\C(=O)N[C@@H]3C(=O)N(OS(=O)(=O)[O-])C3(C)C)c3nc(N)sc3Cl)C(=O)O)cc2)cn1CCCN. The number of hydrogen-bond donors (Lipinski definition) is 4. The van der Waals surface area contributed by atoms with E-state index in [-0.39, 0.29) is 15.2 Å². The molecule has 0 aliphatic carbocycles. The maximum absolute atomic E-state index is 13.3. The van der Waals surface area contributed by atoms with Gasteiger partial charge in [-0.05, 0) is 44.5 Å². The Balaban J connectivity index is 1.47. The van der Waals surface area contributed by atoms with Crippen LogP contribution in [0.4, 0.5) is 5.13 Å². The Morgan fingerprint density at radius 2 is 1.98 bits per heavy atom. The van der Waals surface area contributed by atoms with E-state index in [0.717, 1.165) is 35.4 Å². The zero-order chi connectivity index (χ0) is 34.7. The van der Waals surface area contributed by atoms with Gasteiger partial charge in [-0.3, -0.25) is 9.59 Å². The summed E-state index contributed by atoms with van der Waals surface area (Å²) in [6.45, 7) is 3.43. The lowest BCUT2D eigenvalue weighted by Crippen LogP contribution is -2.76. The molecule has 2 amide bonds. The van der Waals surface area contributed by atoms with Gasteiger partial charge < -0.3 is 36.0 Å². The third-order valence-corrected chi connectivity index (χ3v) is 8.32. The number of anilines is 1. The van der Waals surface area contributed by atoms with Gasteiger partial charge in [0.1, 0.15) is 28.4 Å². The van der Waals surface area contributed by atoms with E-state index < -0.39 is 58.2 Å². The van der Waals surface area contributed by atoms with Crippen molar-refractivity contribution in [3.8, 4) is 16.9 Å². The number of amides is 2. The maximum atomic E-state index is 13.3. The van der Waals surface area contributed by atoms with Crippen molar-refractivity contribution >= 4 is 62.0 Å². The van der Waals surface area contributed by atoms with Crippen LogP contribution in [-0.4, -0.2) is 87.1 Å². The number of oxime groups is 1. The molecule has 1 aliphatic rings. The molecule has 47 heavy (non-hydrogen) atoms. The van der Waals surface area contributed by atoms with Crippen LogP contribution in [0.1, 0.15) is 26.0 Å². The van der Waals surface area contributed by atoms with Gasteiger partial charge in [-0.25, -0.2) is 18.2 Å². The van der Waals surface area contributed by atoms with Crippen molar-refractivity contribution in [2.24, 2.45) is 17.9 Å². The van der Waals surface area contributed by atoms with E-state index in [1.807, 2.05) is 28.8 Å². The molecule has 21 heteroatoms. The fourth-order valence-electron chi connectivity index (χ4n) is 4.44. The van der Waals surface area contributed by atoms with Crippen molar-refractivity contribution in [2.45, 2.75) is 44.5 Å².